The van der Waals surface area contributed by atoms with E-state index < -0.39 is 0 Å². The summed E-state index contributed by atoms with van der Waals surface area (Å²) in [5, 5.41) is 0.817. The monoisotopic (exact) mass is 421 g/mol. The number of imidazole rings is 1. The number of hydrogen-bond acceptors (Lipinski definition) is 2. The molecule has 148 valence electrons. The average molecular weight is 422 g/mol. The average Bonchev–Trinajstić information content (AvgIpc) is 3.00. The molecule has 0 aliphatic carbocycles. The smallest absolute Gasteiger partial charge is 0.255 e. The van der Waals surface area contributed by atoms with Gasteiger partial charge in [-0.05, 0) is 49.2 Å². The number of hydrogen-bond donors (Lipinski definition) is 0. The molecule has 3 rings (SSSR count). The lowest BCUT2D eigenvalue weighted by atomic mass is 10.2. The summed E-state index contributed by atoms with van der Waals surface area (Å²) in [5.74, 6) is 0.224. The van der Waals surface area contributed by atoms with E-state index in [1.54, 1.807) is 29.2 Å². The number of rotatable bonds is 7. The third kappa shape index (κ3) is 4.31. The van der Waals surface area contributed by atoms with Gasteiger partial charge in [0.2, 0.25) is 0 Å². The largest absolute Gasteiger partial charge is 0.331 e. The number of nitrogens with zero attached hydrogens (tertiary/aromatic N) is 3. The standard InChI is InChI=1S/C21H22Cl2FN3O/c1-3-9-26(21(28)16-11-14(22)5-7-17(16)23)13-20-25-18-8-6-15(24)12-19(18)27(20)10-4-2/h5-8,11-12H,3-4,9-10,13H2,1-2H3. The fourth-order valence-corrected chi connectivity index (χ4v) is 3.63. The molecule has 7 heteroatoms. The van der Waals surface area contributed by atoms with Crippen molar-refractivity contribution in [3.05, 3.63) is 63.6 Å². The molecule has 0 spiro atoms. The summed E-state index contributed by atoms with van der Waals surface area (Å²) in [5.41, 5.74) is 1.82. The summed E-state index contributed by atoms with van der Waals surface area (Å²) in [6.45, 7) is 5.61. The lowest BCUT2D eigenvalue weighted by molar-refractivity contribution is 0.0737. The van der Waals surface area contributed by atoms with Gasteiger partial charge in [0, 0.05) is 18.1 Å². The van der Waals surface area contributed by atoms with Crippen LogP contribution in [0, 0.1) is 5.82 Å². The van der Waals surface area contributed by atoms with Crippen LogP contribution in [0.3, 0.4) is 0 Å². The third-order valence-corrected chi connectivity index (χ3v) is 5.07. The third-order valence-electron chi connectivity index (χ3n) is 4.51. The normalized spacial score (nSPS) is 11.2. The van der Waals surface area contributed by atoms with Crippen LogP contribution in [-0.2, 0) is 13.1 Å². The van der Waals surface area contributed by atoms with Crippen molar-refractivity contribution in [1.29, 1.82) is 0 Å². The van der Waals surface area contributed by atoms with Crippen LogP contribution in [0.2, 0.25) is 10.0 Å². The molecule has 0 aliphatic heterocycles. The van der Waals surface area contributed by atoms with E-state index in [9.17, 15) is 9.18 Å². The second kappa shape index (κ2) is 8.93. The maximum atomic E-state index is 13.7. The van der Waals surface area contributed by atoms with E-state index in [-0.39, 0.29) is 11.7 Å². The number of amides is 1. The summed E-state index contributed by atoms with van der Waals surface area (Å²) in [7, 11) is 0. The van der Waals surface area contributed by atoms with Gasteiger partial charge in [-0.1, -0.05) is 37.0 Å². The SMILES string of the molecule is CCCN(Cc1nc2ccc(F)cc2n1CCC)C(=O)c1cc(Cl)ccc1Cl. The first-order valence-corrected chi connectivity index (χ1v) is 10.1. The topological polar surface area (TPSA) is 38.1 Å². The molecule has 0 saturated carbocycles. The molecule has 0 radical (unpaired) electrons. The van der Waals surface area contributed by atoms with E-state index in [0.717, 1.165) is 29.7 Å². The molecule has 0 N–H and O–H groups in total. The zero-order valence-corrected chi connectivity index (χ0v) is 17.4. The molecule has 4 nitrogen and oxygen atoms in total. The van der Waals surface area contributed by atoms with Crippen LogP contribution in [0.25, 0.3) is 11.0 Å². The van der Waals surface area contributed by atoms with Crippen LogP contribution in [-0.4, -0.2) is 26.9 Å². The second-order valence-corrected chi connectivity index (χ2v) is 7.51. The maximum Gasteiger partial charge on any atom is 0.255 e. The molecular formula is C21H22Cl2FN3O. The van der Waals surface area contributed by atoms with Crippen LogP contribution in [0.5, 0.6) is 0 Å². The van der Waals surface area contributed by atoms with E-state index >= 15 is 0 Å². The Balaban J connectivity index is 1.99. The lowest BCUT2D eigenvalue weighted by Gasteiger charge is -2.23. The van der Waals surface area contributed by atoms with Crippen LogP contribution in [0.1, 0.15) is 42.9 Å². The zero-order chi connectivity index (χ0) is 20.3. The number of carbonyl (C=O) groups excluding carboxylic acids is 1. The Morgan fingerprint density at radius 3 is 2.64 bits per heavy atom. The molecular weight excluding hydrogens is 400 g/mol. The van der Waals surface area contributed by atoms with Gasteiger partial charge in [0.25, 0.3) is 5.91 Å². The minimum atomic E-state index is -0.302. The van der Waals surface area contributed by atoms with Crippen LogP contribution >= 0.6 is 23.2 Å². The van der Waals surface area contributed by atoms with Crippen LogP contribution < -0.4 is 0 Å². The van der Waals surface area contributed by atoms with Gasteiger partial charge in [-0.15, -0.1) is 0 Å². The highest BCUT2D eigenvalue weighted by Gasteiger charge is 2.21. The first kappa shape index (κ1) is 20.6. The molecule has 1 aromatic heterocycles. The summed E-state index contributed by atoms with van der Waals surface area (Å²) in [6, 6.07) is 9.41. The molecule has 0 atom stereocenters. The highest BCUT2D eigenvalue weighted by Crippen LogP contribution is 2.24. The summed E-state index contributed by atoms with van der Waals surface area (Å²) in [4.78, 5) is 19.5. The zero-order valence-electron chi connectivity index (χ0n) is 15.9. The number of halogens is 3. The Morgan fingerprint density at radius 1 is 1.14 bits per heavy atom. The predicted octanol–water partition coefficient (Wildman–Crippen LogP) is 5.94. The van der Waals surface area contributed by atoms with Gasteiger partial charge in [0.05, 0.1) is 28.2 Å². The van der Waals surface area contributed by atoms with Crippen molar-refractivity contribution in [3.63, 3.8) is 0 Å². The Morgan fingerprint density at radius 2 is 1.93 bits per heavy atom. The summed E-state index contributed by atoms with van der Waals surface area (Å²) in [6.07, 6.45) is 1.66. The Labute approximate surface area is 173 Å². The van der Waals surface area contributed by atoms with E-state index in [0.29, 0.717) is 35.2 Å². The first-order valence-electron chi connectivity index (χ1n) is 9.33. The molecule has 0 bridgehead atoms. The van der Waals surface area contributed by atoms with Crippen molar-refractivity contribution in [1.82, 2.24) is 14.5 Å². The van der Waals surface area contributed by atoms with Crippen molar-refractivity contribution in [2.75, 3.05) is 6.54 Å². The van der Waals surface area contributed by atoms with Crippen molar-refractivity contribution in [2.24, 2.45) is 0 Å². The van der Waals surface area contributed by atoms with Crippen LogP contribution in [0.4, 0.5) is 4.39 Å². The molecule has 0 fully saturated rings. The van der Waals surface area contributed by atoms with Crippen LogP contribution in [0.15, 0.2) is 36.4 Å². The number of benzene rings is 2. The van der Waals surface area contributed by atoms with Gasteiger partial charge >= 0.3 is 0 Å². The van der Waals surface area contributed by atoms with Crippen molar-refractivity contribution in [2.45, 2.75) is 39.8 Å². The summed E-state index contributed by atoms with van der Waals surface area (Å²) >= 11 is 12.3. The van der Waals surface area contributed by atoms with E-state index in [2.05, 4.69) is 11.9 Å². The minimum absolute atomic E-state index is 0.198. The molecule has 0 saturated heterocycles. The molecule has 1 amide bonds. The van der Waals surface area contributed by atoms with Gasteiger partial charge < -0.3 is 9.47 Å². The fourth-order valence-electron chi connectivity index (χ4n) is 3.26. The van der Waals surface area contributed by atoms with E-state index in [1.807, 2.05) is 11.5 Å². The lowest BCUT2D eigenvalue weighted by Crippen LogP contribution is -2.32. The number of fused-ring (bicyclic) bond motifs is 1. The van der Waals surface area contributed by atoms with Gasteiger partial charge in [-0.3, -0.25) is 4.79 Å². The van der Waals surface area contributed by atoms with Gasteiger partial charge in [0.1, 0.15) is 11.6 Å². The number of aryl methyl sites for hydroxylation is 1. The maximum absolute atomic E-state index is 13.7. The molecule has 0 unspecified atom stereocenters. The van der Waals surface area contributed by atoms with Gasteiger partial charge in [0.15, 0.2) is 0 Å². The summed E-state index contributed by atoms with van der Waals surface area (Å²) < 4.78 is 15.7. The van der Waals surface area contributed by atoms with Crippen molar-refractivity contribution >= 4 is 40.1 Å². The minimum Gasteiger partial charge on any atom is -0.331 e. The number of carbonyl (C=O) groups is 1. The molecule has 1 heterocycles. The van der Waals surface area contributed by atoms with Gasteiger partial charge in [-0.25, -0.2) is 9.37 Å². The molecule has 28 heavy (non-hydrogen) atoms. The van der Waals surface area contributed by atoms with Gasteiger partial charge in [-0.2, -0.15) is 0 Å². The van der Waals surface area contributed by atoms with E-state index in [1.165, 1.54) is 12.1 Å². The Bertz CT molecular complexity index is 1000. The molecule has 0 aliphatic rings. The molecule has 3 aromatic rings. The second-order valence-electron chi connectivity index (χ2n) is 6.66. The Hall–Kier alpha value is -2.11. The quantitative estimate of drug-likeness (QED) is 0.472. The highest BCUT2D eigenvalue weighted by molar-refractivity contribution is 6.35. The van der Waals surface area contributed by atoms with E-state index in [4.69, 9.17) is 23.2 Å². The number of aromatic nitrogens is 2. The molecule has 2 aromatic carbocycles. The van der Waals surface area contributed by atoms with Crippen molar-refractivity contribution < 1.29 is 9.18 Å². The Kier molecular flexibility index (Phi) is 6.57. The fraction of sp³-hybridized carbons (Fsp3) is 0.333. The first-order chi connectivity index (χ1) is 13.4. The van der Waals surface area contributed by atoms with Crippen molar-refractivity contribution in [3.8, 4) is 0 Å². The predicted molar refractivity (Wildman–Crippen MR) is 111 cm³/mol. The highest BCUT2D eigenvalue weighted by atomic mass is 35.5.